The molecule has 5 heteroatoms. The molecule has 0 amide bonds. The molecule has 78 valence electrons. The first kappa shape index (κ1) is 12.9. The SMILES string of the molecule is COc1ccc(C(=O)CN)cc1F.Cl. The fourth-order valence-electron chi connectivity index (χ4n) is 0.958. The summed E-state index contributed by atoms with van der Waals surface area (Å²) in [6, 6.07) is 4.00. The fraction of sp³-hybridized carbons (Fsp3) is 0.222. The van der Waals surface area contributed by atoms with Gasteiger partial charge in [0.15, 0.2) is 17.3 Å². The predicted molar refractivity (Wildman–Crippen MR) is 53.6 cm³/mol. The molecule has 1 aromatic rings. The van der Waals surface area contributed by atoms with Gasteiger partial charge < -0.3 is 10.5 Å². The van der Waals surface area contributed by atoms with E-state index in [1.165, 1.54) is 19.2 Å². The number of hydrogen-bond donors (Lipinski definition) is 1. The maximum atomic E-state index is 13.0. The monoisotopic (exact) mass is 219 g/mol. The number of Topliss-reactive ketones (excluding diaryl/α,β-unsaturated/α-hetero) is 1. The summed E-state index contributed by atoms with van der Waals surface area (Å²) in [6.07, 6.45) is 0. The summed E-state index contributed by atoms with van der Waals surface area (Å²) < 4.78 is 17.7. The van der Waals surface area contributed by atoms with Crippen LogP contribution < -0.4 is 10.5 Å². The first-order valence-electron chi connectivity index (χ1n) is 3.76. The van der Waals surface area contributed by atoms with Gasteiger partial charge in [-0.2, -0.15) is 0 Å². The number of ether oxygens (including phenoxy) is 1. The Morgan fingerprint density at radius 1 is 1.57 bits per heavy atom. The topological polar surface area (TPSA) is 52.3 Å². The van der Waals surface area contributed by atoms with Crippen molar-refractivity contribution in [2.75, 3.05) is 13.7 Å². The largest absolute Gasteiger partial charge is 0.494 e. The van der Waals surface area contributed by atoms with Crippen LogP contribution in [0, 0.1) is 5.82 Å². The van der Waals surface area contributed by atoms with Gasteiger partial charge in [-0.3, -0.25) is 4.79 Å². The van der Waals surface area contributed by atoms with Crippen LogP contribution in [0.3, 0.4) is 0 Å². The minimum atomic E-state index is -0.554. The standard InChI is InChI=1S/C9H10FNO2.ClH/c1-13-9-3-2-6(4-7(9)10)8(12)5-11;/h2-4H,5,11H2,1H3;1H. The molecular weight excluding hydrogens is 209 g/mol. The summed E-state index contributed by atoms with van der Waals surface area (Å²) in [4.78, 5) is 11.0. The summed E-state index contributed by atoms with van der Waals surface area (Å²) >= 11 is 0. The molecule has 0 aliphatic heterocycles. The third kappa shape index (κ3) is 2.68. The zero-order chi connectivity index (χ0) is 9.84. The van der Waals surface area contributed by atoms with Crippen LogP contribution in [0.1, 0.15) is 10.4 Å². The molecule has 0 spiro atoms. The van der Waals surface area contributed by atoms with Crippen molar-refractivity contribution >= 4 is 18.2 Å². The highest BCUT2D eigenvalue weighted by Gasteiger charge is 2.07. The number of nitrogens with two attached hydrogens (primary N) is 1. The van der Waals surface area contributed by atoms with Crippen molar-refractivity contribution in [3.63, 3.8) is 0 Å². The maximum absolute atomic E-state index is 13.0. The molecule has 0 radical (unpaired) electrons. The molecule has 1 aromatic carbocycles. The Balaban J connectivity index is 0.00000169. The maximum Gasteiger partial charge on any atom is 0.176 e. The lowest BCUT2D eigenvalue weighted by Gasteiger charge is -2.02. The molecule has 3 nitrogen and oxygen atoms in total. The van der Waals surface area contributed by atoms with Crippen LogP contribution in [0.5, 0.6) is 5.75 Å². The highest BCUT2D eigenvalue weighted by atomic mass is 35.5. The molecule has 1 rings (SSSR count). The Morgan fingerprint density at radius 2 is 2.21 bits per heavy atom. The molecule has 0 aliphatic rings. The molecule has 0 aliphatic carbocycles. The van der Waals surface area contributed by atoms with Gasteiger partial charge in [-0.05, 0) is 18.2 Å². The Bertz CT molecular complexity index is 331. The third-order valence-corrected chi connectivity index (χ3v) is 1.66. The molecule has 0 bridgehead atoms. The molecular formula is C9H11ClFNO2. The second kappa shape index (κ2) is 5.57. The quantitative estimate of drug-likeness (QED) is 0.782. The Morgan fingerprint density at radius 3 is 2.64 bits per heavy atom. The smallest absolute Gasteiger partial charge is 0.176 e. The number of ketones is 1. The second-order valence-corrected chi connectivity index (χ2v) is 2.48. The predicted octanol–water partition coefficient (Wildman–Crippen LogP) is 1.40. The van der Waals surface area contributed by atoms with Gasteiger partial charge in [-0.15, -0.1) is 12.4 Å². The van der Waals surface area contributed by atoms with Gasteiger partial charge in [0.1, 0.15) is 0 Å². The lowest BCUT2D eigenvalue weighted by molar-refractivity contribution is 0.100. The average molecular weight is 220 g/mol. The molecule has 0 saturated heterocycles. The van der Waals surface area contributed by atoms with Crippen LogP contribution in [0.2, 0.25) is 0 Å². The highest BCUT2D eigenvalue weighted by Crippen LogP contribution is 2.17. The van der Waals surface area contributed by atoms with Gasteiger partial charge in [0, 0.05) is 5.56 Å². The number of methoxy groups -OCH3 is 1. The molecule has 0 saturated carbocycles. The van der Waals surface area contributed by atoms with E-state index in [1.807, 2.05) is 0 Å². The zero-order valence-electron chi connectivity index (χ0n) is 7.62. The van der Waals surface area contributed by atoms with Crippen LogP contribution >= 0.6 is 12.4 Å². The molecule has 0 fully saturated rings. The van der Waals surface area contributed by atoms with Gasteiger partial charge in [-0.25, -0.2) is 4.39 Å². The Labute approximate surface area is 87.5 Å². The average Bonchev–Trinajstić information content (AvgIpc) is 2.16. The van der Waals surface area contributed by atoms with E-state index in [0.717, 1.165) is 6.07 Å². The van der Waals surface area contributed by atoms with E-state index in [9.17, 15) is 9.18 Å². The first-order valence-corrected chi connectivity index (χ1v) is 3.76. The summed E-state index contributed by atoms with van der Waals surface area (Å²) in [7, 11) is 1.36. The molecule has 0 aromatic heterocycles. The molecule has 0 atom stereocenters. The molecule has 14 heavy (non-hydrogen) atoms. The van der Waals surface area contributed by atoms with Crippen LogP contribution in [0.4, 0.5) is 4.39 Å². The molecule has 0 unspecified atom stereocenters. The summed E-state index contributed by atoms with van der Waals surface area (Å²) in [6.45, 7) is -0.119. The van der Waals surface area contributed by atoms with E-state index >= 15 is 0 Å². The van der Waals surface area contributed by atoms with Crippen molar-refractivity contribution in [1.29, 1.82) is 0 Å². The minimum absolute atomic E-state index is 0. The number of rotatable bonds is 3. The third-order valence-electron chi connectivity index (χ3n) is 1.66. The van der Waals surface area contributed by atoms with Crippen molar-refractivity contribution in [2.24, 2.45) is 5.73 Å². The van der Waals surface area contributed by atoms with E-state index in [-0.39, 0.29) is 36.0 Å². The van der Waals surface area contributed by atoms with Gasteiger partial charge in [0.2, 0.25) is 0 Å². The van der Waals surface area contributed by atoms with Crippen LogP contribution in [0.15, 0.2) is 18.2 Å². The van der Waals surface area contributed by atoms with Crippen molar-refractivity contribution in [2.45, 2.75) is 0 Å². The fourth-order valence-corrected chi connectivity index (χ4v) is 0.958. The van der Waals surface area contributed by atoms with Gasteiger partial charge >= 0.3 is 0 Å². The number of carbonyl (C=O) groups is 1. The van der Waals surface area contributed by atoms with Gasteiger partial charge in [0.05, 0.1) is 13.7 Å². The van der Waals surface area contributed by atoms with Crippen LogP contribution in [-0.2, 0) is 0 Å². The van der Waals surface area contributed by atoms with Crippen LogP contribution in [-0.4, -0.2) is 19.4 Å². The van der Waals surface area contributed by atoms with E-state index < -0.39 is 5.82 Å². The lowest BCUT2D eigenvalue weighted by atomic mass is 10.1. The Hall–Kier alpha value is -1.13. The van der Waals surface area contributed by atoms with Gasteiger partial charge in [-0.1, -0.05) is 0 Å². The van der Waals surface area contributed by atoms with Crippen molar-refractivity contribution in [3.05, 3.63) is 29.6 Å². The normalized spacial score (nSPS) is 9.07. The molecule has 2 N–H and O–H groups in total. The Kier molecular flexibility index (Phi) is 5.12. The van der Waals surface area contributed by atoms with E-state index in [0.29, 0.717) is 0 Å². The van der Waals surface area contributed by atoms with Gasteiger partial charge in [0.25, 0.3) is 0 Å². The number of halogens is 2. The summed E-state index contributed by atoms with van der Waals surface area (Å²) in [5.74, 6) is -0.725. The van der Waals surface area contributed by atoms with Crippen molar-refractivity contribution in [3.8, 4) is 5.75 Å². The number of carbonyl (C=O) groups excluding carboxylic acids is 1. The minimum Gasteiger partial charge on any atom is -0.494 e. The van der Waals surface area contributed by atoms with Crippen molar-refractivity contribution in [1.82, 2.24) is 0 Å². The van der Waals surface area contributed by atoms with E-state index in [4.69, 9.17) is 10.5 Å². The zero-order valence-corrected chi connectivity index (χ0v) is 8.44. The number of benzene rings is 1. The highest BCUT2D eigenvalue weighted by molar-refractivity contribution is 5.97. The number of hydrogen-bond acceptors (Lipinski definition) is 3. The lowest BCUT2D eigenvalue weighted by Crippen LogP contribution is -2.13. The second-order valence-electron chi connectivity index (χ2n) is 2.48. The summed E-state index contributed by atoms with van der Waals surface area (Å²) in [5, 5.41) is 0. The summed E-state index contributed by atoms with van der Waals surface area (Å²) in [5.41, 5.74) is 5.39. The van der Waals surface area contributed by atoms with E-state index in [2.05, 4.69) is 0 Å². The van der Waals surface area contributed by atoms with Crippen LogP contribution in [0.25, 0.3) is 0 Å². The first-order chi connectivity index (χ1) is 6.19. The van der Waals surface area contributed by atoms with E-state index in [1.54, 1.807) is 0 Å². The molecule has 0 heterocycles. The van der Waals surface area contributed by atoms with Crippen molar-refractivity contribution < 1.29 is 13.9 Å².